The molecule has 0 unspecified atom stereocenters. The van der Waals surface area contributed by atoms with Crippen LogP contribution in [0.3, 0.4) is 0 Å². The molecule has 0 bridgehead atoms. The molecule has 10 rings (SSSR count). The second-order valence-electron chi connectivity index (χ2n) is 14.2. The fourth-order valence-corrected chi connectivity index (χ4v) is 7.32. The van der Waals surface area contributed by atoms with Gasteiger partial charge in [0.2, 0.25) is 0 Å². The number of nitrogens with zero attached hydrogens (tertiary/aromatic N) is 8. The van der Waals surface area contributed by atoms with E-state index in [0.29, 0.717) is 51.0 Å². The second kappa shape index (κ2) is 14.1. The summed E-state index contributed by atoms with van der Waals surface area (Å²) in [6.45, 7) is 12.6. The molecule has 0 spiro atoms. The summed E-state index contributed by atoms with van der Waals surface area (Å²) >= 11 is 0. The zero-order valence-electron chi connectivity index (χ0n) is 30.8. The molecule has 2 aliphatic rings. The van der Waals surface area contributed by atoms with Crippen molar-refractivity contribution in [3.63, 3.8) is 0 Å². The monoisotopic (exact) mass is 736 g/mol. The van der Waals surface area contributed by atoms with Crippen molar-refractivity contribution in [3.05, 3.63) is 118 Å². The van der Waals surface area contributed by atoms with E-state index in [1.165, 1.54) is 0 Å². The van der Waals surface area contributed by atoms with Gasteiger partial charge in [-0.05, 0) is 67.9 Å². The molecule has 278 valence electrons. The zero-order valence-corrected chi connectivity index (χ0v) is 30.8. The maximum atomic E-state index is 12.7. The quantitative estimate of drug-likeness (QED) is 0.255. The summed E-state index contributed by atoms with van der Waals surface area (Å²) in [5, 5.41) is 9.66. The van der Waals surface area contributed by atoms with Crippen molar-refractivity contribution in [2.75, 3.05) is 55.6 Å². The normalized spacial score (nSPS) is 16.2. The number of piperazine rings is 2. The summed E-state index contributed by atoms with van der Waals surface area (Å²) in [6, 6.07) is 16.1. The Morgan fingerprint density at radius 3 is 1.69 bits per heavy atom. The van der Waals surface area contributed by atoms with Crippen molar-refractivity contribution in [1.29, 1.82) is 0 Å². The van der Waals surface area contributed by atoms with Crippen LogP contribution >= 0.6 is 0 Å². The van der Waals surface area contributed by atoms with Gasteiger partial charge in [0, 0.05) is 88.0 Å². The molecule has 14 nitrogen and oxygen atoms in total. The Morgan fingerprint density at radius 1 is 0.655 bits per heavy atom. The van der Waals surface area contributed by atoms with E-state index >= 15 is 0 Å². The van der Waals surface area contributed by atoms with Crippen molar-refractivity contribution in [2.45, 2.75) is 26.8 Å². The first-order valence-corrected chi connectivity index (χ1v) is 18.5. The number of aromatic nitrogens is 6. The van der Waals surface area contributed by atoms with Gasteiger partial charge in [-0.3, -0.25) is 9.97 Å². The van der Waals surface area contributed by atoms with Gasteiger partial charge in [0.1, 0.15) is 11.4 Å². The Hall–Kier alpha value is -6.38. The van der Waals surface area contributed by atoms with Gasteiger partial charge in [0.25, 0.3) is 0 Å². The molecule has 0 aliphatic carbocycles. The lowest BCUT2D eigenvalue weighted by molar-refractivity contribution is 0.485. The Morgan fingerprint density at radius 2 is 1.16 bits per heavy atom. The molecular weight excluding hydrogens is 697 g/mol. The molecule has 2 aromatic carbocycles. The molecule has 0 radical (unpaired) electrons. The number of aryl methyl sites for hydroxylation is 2. The molecule has 8 heterocycles. The van der Waals surface area contributed by atoms with Gasteiger partial charge in [0.15, 0.2) is 22.8 Å². The third-order valence-electron chi connectivity index (χ3n) is 10.2. The highest BCUT2D eigenvalue weighted by Crippen LogP contribution is 2.27. The number of hydrogen-bond acceptors (Lipinski definition) is 12. The van der Waals surface area contributed by atoms with E-state index in [9.17, 15) is 9.59 Å². The first-order chi connectivity index (χ1) is 26.7. The number of rotatable bonds is 4. The average Bonchev–Trinajstić information content (AvgIpc) is 3.82. The molecule has 0 amide bonds. The van der Waals surface area contributed by atoms with Gasteiger partial charge in [0.05, 0.1) is 34.6 Å². The first kappa shape index (κ1) is 34.4. The Bertz CT molecular complexity index is 2830. The lowest BCUT2D eigenvalue weighted by Crippen LogP contribution is -2.49. The molecule has 6 aromatic heterocycles. The van der Waals surface area contributed by atoms with Crippen LogP contribution in [0.15, 0.2) is 104 Å². The maximum absolute atomic E-state index is 12.7. The third kappa shape index (κ3) is 6.93. The Balaban J connectivity index is 0.000000144. The average molecular weight is 737 g/mol. The minimum atomic E-state index is -0.344. The molecule has 0 saturated carbocycles. The van der Waals surface area contributed by atoms with Crippen molar-refractivity contribution in [3.8, 4) is 22.9 Å². The Labute approximate surface area is 315 Å². The van der Waals surface area contributed by atoms with Crippen LogP contribution in [0.25, 0.3) is 55.7 Å². The standard InChI is InChI=1S/C21H21N5O2.C20H19N5O2/c1-13-10-25(6-5-22-13)16-4-3-15-7-19(28-21(27)17(15)8-16)18-12-26-11-14(2)23-9-20(26)24-18;1-13-11-25-12-17(23-19(25)10-22-13)18-8-14-2-3-15(9-16(14)20(26)27-18)24-6-4-21-5-7-24/h3-4,7-9,11-13,22H,5-6,10H2,1-2H3;2-3,8-12,21H,4-7H2,1H3/t13-;/m0./s1. The molecule has 1 atom stereocenters. The predicted molar refractivity (Wildman–Crippen MR) is 213 cm³/mol. The number of benzene rings is 2. The smallest absolute Gasteiger partial charge is 0.344 e. The van der Waals surface area contributed by atoms with Crippen LogP contribution in [0, 0.1) is 13.8 Å². The Kier molecular flexibility index (Phi) is 8.83. The fraction of sp³-hybridized carbons (Fsp3) is 0.268. The first-order valence-electron chi connectivity index (χ1n) is 18.5. The molecule has 2 fully saturated rings. The van der Waals surface area contributed by atoms with Gasteiger partial charge >= 0.3 is 11.3 Å². The SMILES string of the molecule is Cc1cn2cc(-c3cc4ccc(N5CCNCC5)cc4c(=O)o3)nc2cn1.Cc1cn2cc(-c3cc4ccc(N5CCN[C@@H](C)C5)cc4c(=O)o3)nc2cn1. The van der Waals surface area contributed by atoms with Gasteiger partial charge in [-0.1, -0.05) is 12.1 Å². The van der Waals surface area contributed by atoms with Crippen LogP contribution in [0.1, 0.15) is 18.3 Å². The number of imidazole rings is 2. The number of anilines is 2. The predicted octanol–water partition coefficient (Wildman–Crippen LogP) is 4.83. The van der Waals surface area contributed by atoms with Crippen molar-refractivity contribution in [2.24, 2.45) is 0 Å². The van der Waals surface area contributed by atoms with Gasteiger partial charge in [-0.15, -0.1) is 0 Å². The summed E-state index contributed by atoms with van der Waals surface area (Å²) in [5.41, 5.74) is 5.87. The summed E-state index contributed by atoms with van der Waals surface area (Å²) in [5.74, 6) is 0.922. The van der Waals surface area contributed by atoms with E-state index in [1.807, 2.05) is 83.8 Å². The molecule has 14 heteroatoms. The highest BCUT2D eigenvalue weighted by molar-refractivity contribution is 5.88. The topological polar surface area (TPSA) is 151 Å². The highest BCUT2D eigenvalue weighted by Gasteiger charge is 2.18. The van der Waals surface area contributed by atoms with Gasteiger partial charge < -0.3 is 38.1 Å². The van der Waals surface area contributed by atoms with Crippen LogP contribution in [-0.4, -0.2) is 80.6 Å². The maximum Gasteiger partial charge on any atom is 0.344 e. The summed E-state index contributed by atoms with van der Waals surface area (Å²) < 4.78 is 15.0. The minimum Gasteiger partial charge on any atom is -0.421 e. The van der Waals surface area contributed by atoms with Crippen molar-refractivity contribution < 1.29 is 8.83 Å². The lowest BCUT2D eigenvalue weighted by Gasteiger charge is -2.33. The van der Waals surface area contributed by atoms with Gasteiger partial charge in [-0.25, -0.2) is 19.6 Å². The third-order valence-corrected chi connectivity index (χ3v) is 10.2. The largest absolute Gasteiger partial charge is 0.421 e. The van der Waals surface area contributed by atoms with E-state index in [2.05, 4.69) is 59.4 Å². The van der Waals surface area contributed by atoms with Crippen LogP contribution in [0.5, 0.6) is 0 Å². The van der Waals surface area contributed by atoms with Crippen LogP contribution in [0.2, 0.25) is 0 Å². The molecule has 2 aliphatic heterocycles. The summed E-state index contributed by atoms with van der Waals surface area (Å²) in [4.78, 5) is 47.5. The molecule has 55 heavy (non-hydrogen) atoms. The van der Waals surface area contributed by atoms with Gasteiger partial charge in [-0.2, -0.15) is 0 Å². The molecule has 2 saturated heterocycles. The van der Waals surface area contributed by atoms with E-state index in [0.717, 1.165) is 79.3 Å². The summed E-state index contributed by atoms with van der Waals surface area (Å²) in [6.07, 6.45) is 10.9. The number of fused-ring (bicyclic) bond motifs is 4. The number of nitrogens with one attached hydrogen (secondary N) is 2. The van der Waals surface area contributed by atoms with E-state index in [-0.39, 0.29) is 11.3 Å². The lowest BCUT2D eigenvalue weighted by atomic mass is 10.1. The molecule has 8 aromatic rings. The number of hydrogen-bond donors (Lipinski definition) is 2. The molecular formula is C41H40N10O4. The van der Waals surface area contributed by atoms with Crippen molar-refractivity contribution in [1.82, 2.24) is 39.4 Å². The van der Waals surface area contributed by atoms with E-state index < -0.39 is 0 Å². The van der Waals surface area contributed by atoms with Crippen LogP contribution in [-0.2, 0) is 0 Å². The molecule has 2 N–H and O–H groups in total. The minimum absolute atomic E-state index is 0.342. The second-order valence-corrected chi connectivity index (χ2v) is 14.2. The fourth-order valence-electron chi connectivity index (χ4n) is 7.32. The van der Waals surface area contributed by atoms with E-state index in [4.69, 9.17) is 8.83 Å². The van der Waals surface area contributed by atoms with Crippen molar-refractivity contribution >= 4 is 44.2 Å². The summed E-state index contributed by atoms with van der Waals surface area (Å²) in [7, 11) is 0. The van der Waals surface area contributed by atoms with Crippen LogP contribution in [0.4, 0.5) is 11.4 Å². The zero-order chi connectivity index (χ0) is 37.6. The van der Waals surface area contributed by atoms with E-state index in [1.54, 1.807) is 12.4 Å². The van der Waals surface area contributed by atoms with Crippen LogP contribution < -0.4 is 31.7 Å². The highest BCUT2D eigenvalue weighted by atomic mass is 16.4.